The summed E-state index contributed by atoms with van der Waals surface area (Å²) in [5, 5.41) is 2.40. The van der Waals surface area contributed by atoms with E-state index in [1.807, 2.05) is 6.20 Å². The van der Waals surface area contributed by atoms with Gasteiger partial charge in [-0.3, -0.25) is 0 Å². The molecular weight excluding hydrogens is 924 g/mol. The van der Waals surface area contributed by atoms with Crippen molar-refractivity contribution in [3.05, 3.63) is 150 Å². The molecule has 0 unspecified atom stereocenters. The maximum absolute atomic E-state index is 5.01. The number of rotatable bonds is 5. The number of hydrogen-bond donors (Lipinski definition) is 0. The molecule has 0 amide bonds. The summed E-state index contributed by atoms with van der Waals surface area (Å²) < 4.78 is 2.35. The Morgan fingerprint density at radius 2 is 1.02 bits per heavy atom. The Morgan fingerprint density at radius 1 is 0.492 bits per heavy atom. The minimum absolute atomic E-state index is 0. The Hall–Kier alpha value is -4.14. The van der Waals surface area contributed by atoms with Gasteiger partial charge in [-0.15, -0.1) is 11.5 Å². The Balaban J connectivity index is 0.00000352. The molecule has 328 valence electrons. The smallest absolute Gasteiger partial charge is 0.135 e. The van der Waals surface area contributed by atoms with Crippen molar-refractivity contribution in [3.8, 4) is 5.82 Å². The van der Waals surface area contributed by atoms with E-state index in [1.54, 1.807) is 0 Å². The van der Waals surface area contributed by atoms with Gasteiger partial charge in [0.1, 0.15) is 5.82 Å². The predicted molar refractivity (Wildman–Crippen MR) is 260 cm³/mol. The maximum atomic E-state index is 5.01. The summed E-state index contributed by atoms with van der Waals surface area (Å²) in [6.07, 6.45) is 6.41. The second-order valence-electron chi connectivity index (χ2n) is 22.8. The van der Waals surface area contributed by atoms with Crippen LogP contribution < -0.4 is 9.80 Å². The molecule has 0 N–H and O–H groups in total. The third-order valence-corrected chi connectivity index (χ3v) is 12.5. The first kappa shape index (κ1) is 47.9. The summed E-state index contributed by atoms with van der Waals surface area (Å²) in [6.45, 7) is 39.8. The van der Waals surface area contributed by atoms with E-state index in [-0.39, 0.29) is 55.6 Å². The molecule has 61 heavy (non-hydrogen) atoms. The number of nitrogens with zero attached hydrogens (tertiary/aromatic N) is 4. The van der Waals surface area contributed by atoms with Crippen LogP contribution in [0.1, 0.15) is 157 Å². The van der Waals surface area contributed by atoms with E-state index in [0.29, 0.717) is 0 Å². The van der Waals surface area contributed by atoms with Gasteiger partial charge < -0.3 is 21.8 Å². The Morgan fingerprint density at radius 3 is 1.59 bits per heavy atom. The molecule has 1 aliphatic heterocycles. The van der Waals surface area contributed by atoms with Crippen molar-refractivity contribution >= 4 is 33.2 Å². The van der Waals surface area contributed by atoms with Gasteiger partial charge in [-0.25, -0.2) is 4.98 Å². The quantitative estimate of drug-likeness (QED) is 0.161. The molecule has 4 nitrogen and oxygen atoms in total. The fourth-order valence-corrected chi connectivity index (χ4v) is 8.03. The Labute approximate surface area is 384 Å². The van der Waals surface area contributed by atoms with Crippen LogP contribution in [-0.4, -0.2) is 16.2 Å². The monoisotopic (exact) mass is 995 g/mol. The third-order valence-electron chi connectivity index (χ3n) is 12.5. The zero-order chi connectivity index (χ0) is 43.2. The van der Waals surface area contributed by atoms with Gasteiger partial charge in [0.2, 0.25) is 0 Å². The van der Waals surface area contributed by atoms with Crippen LogP contribution in [0.25, 0.3) is 27.6 Å². The first-order valence-corrected chi connectivity index (χ1v) is 21.6. The van der Waals surface area contributed by atoms with E-state index >= 15 is 0 Å². The van der Waals surface area contributed by atoms with Crippen molar-refractivity contribution in [2.24, 2.45) is 0 Å². The number of fused-ring (bicyclic) bond motifs is 3. The van der Waals surface area contributed by atoms with Gasteiger partial charge in [-0.05, 0) is 90.5 Å². The summed E-state index contributed by atoms with van der Waals surface area (Å²) in [5.74, 6) is 0.923. The normalized spacial score (nSPS) is 14.2. The average molecular weight is 995 g/mol. The summed E-state index contributed by atoms with van der Waals surface area (Å²) in [6, 6.07) is 35.8. The van der Waals surface area contributed by atoms with Crippen LogP contribution in [-0.2, 0) is 53.6 Å². The molecule has 0 saturated heterocycles. The second-order valence-corrected chi connectivity index (χ2v) is 22.8. The van der Waals surface area contributed by atoms with Crippen molar-refractivity contribution in [3.63, 3.8) is 0 Å². The SMILES string of the molecule is CC(C)(C)c1cc(N2C=CN(c3cc(C(C)(C)C)cc(C(C)(C)C)c3)C2)[c-]c(C(C)(C)c2[c-]c3c(cc2)c2ccc(C(C)(C)C)cc2n3-c2cc(C(C)(C)C)ccn2)c1.[CH3-].[Pt]. The summed E-state index contributed by atoms with van der Waals surface area (Å²) in [5.41, 5.74) is 13.0. The van der Waals surface area contributed by atoms with E-state index in [4.69, 9.17) is 4.98 Å². The second kappa shape index (κ2) is 16.2. The fraction of sp³-hybridized carbons (Fsp3) is 0.429. The molecule has 0 saturated carbocycles. The number of benzene rings is 4. The van der Waals surface area contributed by atoms with Crippen molar-refractivity contribution in [1.29, 1.82) is 0 Å². The van der Waals surface area contributed by atoms with Crippen LogP contribution in [0.15, 0.2) is 91.4 Å². The van der Waals surface area contributed by atoms with Crippen LogP contribution in [0.4, 0.5) is 11.4 Å². The molecule has 5 heteroatoms. The molecule has 2 aromatic heterocycles. The van der Waals surface area contributed by atoms with Crippen LogP contribution in [0, 0.1) is 19.6 Å². The molecule has 0 fully saturated rings. The van der Waals surface area contributed by atoms with Gasteiger partial charge in [0, 0.05) is 50.9 Å². The Bertz CT molecular complexity index is 2550. The first-order chi connectivity index (χ1) is 27.1. The summed E-state index contributed by atoms with van der Waals surface area (Å²) >= 11 is 0. The topological polar surface area (TPSA) is 24.3 Å². The number of anilines is 2. The third kappa shape index (κ3) is 9.46. The van der Waals surface area contributed by atoms with E-state index in [0.717, 1.165) is 40.3 Å². The zero-order valence-corrected chi connectivity index (χ0v) is 42.7. The van der Waals surface area contributed by atoms with Crippen molar-refractivity contribution < 1.29 is 21.1 Å². The van der Waals surface area contributed by atoms with Crippen molar-refractivity contribution in [1.82, 2.24) is 9.55 Å². The van der Waals surface area contributed by atoms with Crippen molar-refractivity contribution in [2.75, 3.05) is 16.5 Å². The Kier molecular flexibility index (Phi) is 12.7. The molecular formula is C56H71N4Pt-3. The van der Waals surface area contributed by atoms with Crippen molar-refractivity contribution in [2.45, 2.75) is 150 Å². The number of pyridine rings is 1. The number of hydrogen-bond acceptors (Lipinski definition) is 3. The van der Waals surface area contributed by atoms with Gasteiger partial charge >= 0.3 is 0 Å². The molecule has 7 rings (SSSR count). The van der Waals surface area contributed by atoms with Gasteiger partial charge in [-0.2, -0.15) is 47.0 Å². The van der Waals surface area contributed by atoms with Crippen LogP contribution in [0.2, 0.25) is 0 Å². The molecule has 3 heterocycles. The minimum Gasteiger partial charge on any atom is -0.358 e. The average Bonchev–Trinajstić information content (AvgIpc) is 3.76. The number of aromatic nitrogens is 2. The molecule has 0 spiro atoms. The molecule has 0 radical (unpaired) electrons. The molecule has 0 bridgehead atoms. The van der Waals surface area contributed by atoms with E-state index < -0.39 is 5.41 Å². The van der Waals surface area contributed by atoms with Gasteiger partial charge in [0.25, 0.3) is 0 Å². The van der Waals surface area contributed by atoms with Gasteiger partial charge in [-0.1, -0.05) is 147 Å². The molecule has 1 aliphatic rings. The standard InChI is InChI=1S/C55H68N4.CH3.Pt/c1-50(2,3)36-18-20-45-46-21-19-38(33-48(46)59(47(45)32-36)49-34-37(22-23-56-49)51(4,5)6)55(16,17)42-27-41(54(13,14)15)30-44(31-42)58-25-24-57(35-58)43-28-39(52(7,8)9)26-40(29-43)53(10,11)12;;/h18-30,32,34H,35H2,1-17H3;1H3;/q-2;-1;. The van der Waals surface area contributed by atoms with E-state index in [2.05, 4.69) is 229 Å². The molecule has 6 aromatic rings. The fourth-order valence-electron chi connectivity index (χ4n) is 8.03. The van der Waals surface area contributed by atoms with Crippen LogP contribution in [0.3, 0.4) is 0 Å². The van der Waals surface area contributed by atoms with Crippen LogP contribution in [0.5, 0.6) is 0 Å². The van der Waals surface area contributed by atoms with E-state index in [9.17, 15) is 0 Å². The molecule has 0 aliphatic carbocycles. The van der Waals surface area contributed by atoms with Gasteiger partial charge in [0.15, 0.2) is 0 Å². The summed E-state index contributed by atoms with van der Waals surface area (Å²) in [4.78, 5) is 9.74. The predicted octanol–water partition coefficient (Wildman–Crippen LogP) is 14.8. The molecule has 0 atom stereocenters. The zero-order valence-electron chi connectivity index (χ0n) is 40.5. The van der Waals surface area contributed by atoms with E-state index in [1.165, 1.54) is 44.3 Å². The maximum Gasteiger partial charge on any atom is 0.135 e. The van der Waals surface area contributed by atoms with Gasteiger partial charge in [0.05, 0.1) is 6.67 Å². The summed E-state index contributed by atoms with van der Waals surface area (Å²) in [7, 11) is 0. The first-order valence-electron chi connectivity index (χ1n) is 21.6. The van der Waals surface area contributed by atoms with Crippen LogP contribution >= 0.6 is 0 Å². The molecule has 4 aromatic carbocycles. The largest absolute Gasteiger partial charge is 0.358 e. The minimum atomic E-state index is -0.408.